The van der Waals surface area contributed by atoms with Crippen molar-refractivity contribution in [3.8, 4) is 11.5 Å². The van der Waals surface area contributed by atoms with Crippen LogP contribution in [-0.2, 0) is 6.42 Å². The molecule has 0 fully saturated rings. The first-order chi connectivity index (χ1) is 8.26. The van der Waals surface area contributed by atoms with Gasteiger partial charge in [0.05, 0.1) is 18.6 Å². The molecule has 1 aliphatic rings. The first-order valence-electron chi connectivity index (χ1n) is 6.32. The van der Waals surface area contributed by atoms with Gasteiger partial charge in [0.25, 0.3) is 0 Å². The Labute approximate surface area is 108 Å². The molecule has 94 valence electrons. The van der Waals surface area contributed by atoms with E-state index in [4.69, 9.17) is 21.1 Å². The van der Waals surface area contributed by atoms with Gasteiger partial charge in [0.15, 0.2) is 11.5 Å². The van der Waals surface area contributed by atoms with Crippen LogP contribution in [-0.4, -0.2) is 13.2 Å². The Morgan fingerprint density at radius 1 is 1.18 bits per heavy atom. The predicted molar refractivity (Wildman–Crippen MR) is 70.3 cm³/mol. The Balaban J connectivity index is 2.39. The maximum atomic E-state index is 6.35. The zero-order chi connectivity index (χ0) is 12.3. The highest BCUT2D eigenvalue weighted by molar-refractivity contribution is 6.21. The number of ether oxygens (including phenoxy) is 2. The van der Waals surface area contributed by atoms with Gasteiger partial charge in [-0.2, -0.15) is 0 Å². The van der Waals surface area contributed by atoms with Crippen LogP contribution in [0.25, 0.3) is 0 Å². The van der Waals surface area contributed by atoms with E-state index >= 15 is 0 Å². The lowest BCUT2D eigenvalue weighted by atomic mass is 9.91. The third kappa shape index (κ3) is 2.68. The molecule has 3 heteroatoms. The van der Waals surface area contributed by atoms with Gasteiger partial charge in [0.2, 0.25) is 0 Å². The minimum Gasteiger partial charge on any atom is -0.490 e. The smallest absolute Gasteiger partial charge is 0.161 e. The summed E-state index contributed by atoms with van der Waals surface area (Å²) in [6, 6.07) is 4.15. The van der Waals surface area contributed by atoms with Crippen molar-refractivity contribution in [1.82, 2.24) is 0 Å². The molecule has 1 atom stereocenters. The number of hydrogen-bond donors (Lipinski definition) is 0. The molecule has 2 nitrogen and oxygen atoms in total. The summed E-state index contributed by atoms with van der Waals surface area (Å²) in [5, 5.41) is 0.119. The van der Waals surface area contributed by atoms with Gasteiger partial charge in [0.1, 0.15) is 0 Å². The molecule has 0 aliphatic heterocycles. The van der Waals surface area contributed by atoms with Crippen LogP contribution in [0.15, 0.2) is 12.1 Å². The van der Waals surface area contributed by atoms with Gasteiger partial charge >= 0.3 is 0 Å². The van der Waals surface area contributed by atoms with Crippen molar-refractivity contribution >= 4 is 11.6 Å². The minimum absolute atomic E-state index is 0.119. The van der Waals surface area contributed by atoms with E-state index in [0.717, 1.165) is 30.8 Å². The quantitative estimate of drug-likeness (QED) is 0.753. The molecule has 17 heavy (non-hydrogen) atoms. The van der Waals surface area contributed by atoms with E-state index in [1.54, 1.807) is 0 Å². The van der Waals surface area contributed by atoms with Crippen LogP contribution in [0.2, 0.25) is 0 Å². The van der Waals surface area contributed by atoms with Crippen LogP contribution in [0.5, 0.6) is 11.5 Å². The monoisotopic (exact) mass is 254 g/mol. The molecular weight excluding hydrogens is 236 g/mol. The van der Waals surface area contributed by atoms with Crippen LogP contribution in [0.4, 0.5) is 0 Å². The molecule has 0 amide bonds. The Hall–Kier alpha value is -0.890. The molecule has 0 aromatic heterocycles. The van der Waals surface area contributed by atoms with Crippen molar-refractivity contribution in [2.45, 2.75) is 38.5 Å². The van der Waals surface area contributed by atoms with Crippen LogP contribution in [0, 0.1) is 0 Å². The van der Waals surface area contributed by atoms with E-state index in [9.17, 15) is 0 Å². The summed E-state index contributed by atoms with van der Waals surface area (Å²) < 4.78 is 11.2. The summed E-state index contributed by atoms with van der Waals surface area (Å²) in [4.78, 5) is 0. The SMILES string of the molecule is CCOc1cc2c(cc1OCC)C(Cl)CCC2. The number of halogens is 1. The van der Waals surface area contributed by atoms with Gasteiger partial charge in [0, 0.05) is 0 Å². The Morgan fingerprint density at radius 2 is 1.82 bits per heavy atom. The van der Waals surface area contributed by atoms with Crippen LogP contribution in [0.3, 0.4) is 0 Å². The second-order valence-electron chi connectivity index (χ2n) is 4.22. The molecular formula is C14H19ClO2. The average molecular weight is 255 g/mol. The largest absolute Gasteiger partial charge is 0.490 e. The Morgan fingerprint density at radius 3 is 2.47 bits per heavy atom. The lowest BCUT2D eigenvalue weighted by Gasteiger charge is -2.23. The van der Waals surface area contributed by atoms with Gasteiger partial charge in [-0.15, -0.1) is 11.6 Å². The fourth-order valence-electron chi connectivity index (χ4n) is 2.29. The number of fused-ring (bicyclic) bond motifs is 1. The third-order valence-electron chi connectivity index (χ3n) is 3.05. The van der Waals surface area contributed by atoms with Gasteiger partial charge in [-0.05, 0) is 56.4 Å². The number of aryl methyl sites for hydroxylation is 1. The van der Waals surface area contributed by atoms with Crippen molar-refractivity contribution in [2.75, 3.05) is 13.2 Å². The molecule has 0 radical (unpaired) electrons. The second-order valence-corrected chi connectivity index (χ2v) is 4.75. The highest BCUT2D eigenvalue weighted by atomic mass is 35.5. The van der Waals surface area contributed by atoms with Gasteiger partial charge in [-0.1, -0.05) is 0 Å². The highest BCUT2D eigenvalue weighted by Crippen LogP contribution is 2.40. The standard InChI is InChI=1S/C14H19ClO2/c1-3-16-13-8-10-6-5-7-12(15)11(10)9-14(13)17-4-2/h8-9,12H,3-7H2,1-2H3. The summed E-state index contributed by atoms with van der Waals surface area (Å²) in [7, 11) is 0. The van der Waals surface area contributed by atoms with Gasteiger partial charge in [-0.25, -0.2) is 0 Å². The summed E-state index contributed by atoms with van der Waals surface area (Å²) >= 11 is 6.35. The maximum Gasteiger partial charge on any atom is 0.161 e. The second kappa shape index (κ2) is 5.63. The lowest BCUT2D eigenvalue weighted by molar-refractivity contribution is 0.287. The van der Waals surface area contributed by atoms with Crippen LogP contribution < -0.4 is 9.47 Å². The fourth-order valence-corrected chi connectivity index (χ4v) is 2.65. The van der Waals surface area contributed by atoms with Crippen molar-refractivity contribution in [3.05, 3.63) is 23.3 Å². The fraction of sp³-hybridized carbons (Fsp3) is 0.571. The Bertz CT molecular complexity index is 390. The molecule has 0 bridgehead atoms. The normalized spacial score (nSPS) is 18.6. The number of hydrogen-bond acceptors (Lipinski definition) is 2. The van der Waals surface area contributed by atoms with Crippen molar-refractivity contribution in [2.24, 2.45) is 0 Å². The van der Waals surface area contributed by atoms with E-state index in [2.05, 4.69) is 12.1 Å². The van der Waals surface area contributed by atoms with E-state index in [0.29, 0.717) is 13.2 Å². The molecule has 0 N–H and O–H groups in total. The van der Waals surface area contributed by atoms with E-state index < -0.39 is 0 Å². The molecule has 1 aromatic rings. The third-order valence-corrected chi connectivity index (χ3v) is 3.50. The van der Waals surface area contributed by atoms with E-state index in [1.165, 1.54) is 11.1 Å². The van der Waals surface area contributed by atoms with E-state index in [1.807, 2.05) is 13.8 Å². The number of rotatable bonds is 4. The molecule has 1 aliphatic carbocycles. The zero-order valence-electron chi connectivity index (χ0n) is 10.5. The molecule has 1 unspecified atom stereocenters. The first kappa shape index (κ1) is 12.6. The number of benzene rings is 1. The summed E-state index contributed by atoms with van der Waals surface area (Å²) in [5.41, 5.74) is 2.52. The molecule has 1 aromatic carbocycles. The van der Waals surface area contributed by atoms with Crippen molar-refractivity contribution in [3.63, 3.8) is 0 Å². The number of alkyl halides is 1. The Kier molecular flexibility index (Phi) is 4.16. The minimum atomic E-state index is 0.119. The zero-order valence-corrected chi connectivity index (χ0v) is 11.2. The van der Waals surface area contributed by atoms with Gasteiger partial charge in [-0.3, -0.25) is 0 Å². The van der Waals surface area contributed by atoms with Gasteiger partial charge < -0.3 is 9.47 Å². The molecule has 0 spiro atoms. The molecule has 0 saturated carbocycles. The molecule has 0 saturated heterocycles. The van der Waals surface area contributed by atoms with Crippen molar-refractivity contribution < 1.29 is 9.47 Å². The van der Waals surface area contributed by atoms with Crippen LogP contribution in [0.1, 0.15) is 43.2 Å². The lowest BCUT2D eigenvalue weighted by Crippen LogP contribution is -2.08. The van der Waals surface area contributed by atoms with E-state index in [-0.39, 0.29) is 5.38 Å². The van der Waals surface area contributed by atoms with Crippen LogP contribution >= 0.6 is 11.6 Å². The summed E-state index contributed by atoms with van der Waals surface area (Å²) in [6.45, 7) is 5.27. The highest BCUT2D eigenvalue weighted by Gasteiger charge is 2.21. The van der Waals surface area contributed by atoms with Crippen molar-refractivity contribution in [1.29, 1.82) is 0 Å². The predicted octanol–water partition coefficient (Wildman–Crippen LogP) is 4.10. The topological polar surface area (TPSA) is 18.5 Å². The maximum absolute atomic E-state index is 6.35. The average Bonchev–Trinajstić information content (AvgIpc) is 2.32. The summed E-state index contributed by atoms with van der Waals surface area (Å²) in [6.07, 6.45) is 3.29. The first-order valence-corrected chi connectivity index (χ1v) is 6.76. The molecule has 2 rings (SSSR count). The molecule has 0 heterocycles. The summed E-state index contributed by atoms with van der Waals surface area (Å²) in [5.74, 6) is 1.67.